The maximum Gasteiger partial charge on any atom is 0.242 e. The average molecular weight is 249 g/mol. The van der Waals surface area contributed by atoms with Crippen LogP contribution in [-0.2, 0) is 16.1 Å². The van der Waals surface area contributed by atoms with E-state index < -0.39 is 0 Å². The molecular formula is C13H19N3O2. The minimum atomic E-state index is -0.195. The lowest BCUT2D eigenvalue weighted by Crippen LogP contribution is -2.38. The maximum atomic E-state index is 11.7. The summed E-state index contributed by atoms with van der Waals surface area (Å²) in [6.07, 6.45) is 0.246. The fraction of sp³-hybridized carbons (Fsp3) is 0.385. The predicted octanol–water partition coefficient (Wildman–Crippen LogP) is 0.110. The molecule has 1 rings (SSSR count). The number of amides is 2. The molecule has 1 aromatic rings. The molecule has 0 fully saturated rings. The van der Waals surface area contributed by atoms with Gasteiger partial charge in [-0.05, 0) is 5.56 Å². The lowest BCUT2D eigenvalue weighted by molar-refractivity contribution is -0.132. The van der Waals surface area contributed by atoms with Crippen LogP contribution in [0.25, 0.3) is 0 Å². The van der Waals surface area contributed by atoms with Gasteiger partial charge in [-0.3, -0.25) is 9.59 Å². The number of rotatable bonds is 6. The summed E-state index contributed by atoms with van der Waals surface area (Å²) < 4.78 is 0. The zero-order chi connectivity index (χ0) is 13.4. The summed E-state index contributed by atoms with van der Waals surface area (Å²) in [5.41, 5.74) is 6.30. The number of hydrogen-bond donors (Lipinski definition) is 2. The molecule has 0 heterocycles. The summed E-state index contributed by atoms with van der Waals surface area (Å²) in [5.74, 6) is -0.316. The lowest BCUT2D eigenvalue weighted by Gasteiger charge is -2.17. The number of likely N-dealkylation sites (N-methyl/N-ethyl adjacent to an activating group) is 1. The van der Waals surface area contributed by atoms with Gasteiger partial charge in [0.1, 0.15) is 0 Å². The Balaban J connectivity index is 2.35. The van der Waals surface area contributed by atoms with Gasteiger partial charge in [-0.25, -0.2) is 0 Å². The van der Waals surface area contributed by atoms with E-state index >= 15 is 0 Å². The van der Waals surface area contributed by atoms with E-state index in [0.717, 1.165) is 5.56 Å². The van der Waals surface area contributed by atoms with Crippen molar-refractivity contribution in [3.63, 3.8) is 0 Å². The van der Waals surface area contributed by atoms with E-state index in [-0.39, 0.29) is 24.8 Å². The van der Waals surface area contributed by atoms with Crippen molar-refractivity contribution in [3.8, 4) is 0 Å². The van der Waals surface area contributed by atoms with Gasteiger partial charge in [-0.2, -0.15) is 0 Å². The topological polar surface area (TPSA) is 75.4 Å². The molecule has 2 amide bonds. The van der Waals surface area contributed by atoms with Crippen molar-refractivity contribution in [2.75, 3.05) is 20.1 Å². The van der Waals surface area contributed by atoms with Gasteiger partial charge in [0.15, 0.2) is 0 Å². The number of nitrogens with two attached hydrogens (primary N) is 1. The highest BCUT2D eigenvalue weighted by atomic mass is 16.2. The summed E-state index contributed by atoms with van der Waals surface area (Å²) in [6, 6.07) is 9.69. The molecule has 98 valence electrons. The second-order valence-corrected chi connectivity index (χ2v) is 4.05. The normalized spacial score (nSPS) is 9.89. The number of hydrogen-bond acceptors (Lipinski definition) is 3. The highest BCUT2D eigenvalue weighted by molar-refractivity contribution is 5.84. The van der Waals surface area contributed by atoms with Crippen LogP contribution in [0, 0.1) is 0 Å². The Morgan fingerprint density at radius 2 is 1.94 bits per heavy atom. The monoisotopic (exact) mass is 249 g/mol. The molecule has 0 spiro atoms. The largest absolute Gasteiger partial charge is 0.347 e. The number of nitrogens with one attached hydrogen (secondary N) is 1. The quantitative estimate of drug-likeness (QED) is 0.751. The fourth-order valence-corrected chi connectivity index (χ4v) is 1.47. The zero-order valence-electron chi connectivity index (χ0n) is 10.6. The van der Waals surface area contributed by atoms with E-state index in [4.69, 9.17) is 5.73 Å². The molecule has 0 saturated heterocycles. The van der Waals surface area contributed by atoms with Gasteiger partial charge in [0, 0.05) is 26.6 Å². The molecule has 0 unspecified atom stereocenters. The van der Waals surface area contributed by atoms with Gasteiger partial charge in [-0.15, -0.1) is 0 Å². The summed E-state index contributed by atoms with van der Waals surface area (Å²) >= 11 is 0. The second kappa shape index (κ2) is 7.45. The van der Waals surface area contributed by atoms with Crippen LogP contribution in [0.2, 0.25) is 0 Å². The molecule has 0 atom stereocenters. The molecule has 0 radical (unpaired) electrons. The smallest absolute Gasteiger partial charge is 0.242 e. The van der Waals surface area contributed by atoms with Crippen LogP contribution in [0.5, 0.6) is 0 Å². The Kier molecular flexibility index (Phi) is 5.87. The number of nitrogens with zero attached hydrogens (tertiary/aromatic N) is 1. The molecule has 18 heavy (non-hydrogen) atoms. The molecule has 0 aromatic heterocycles. The molecule has 0 aliphatic rings. The van der Waals surface area contributed by atoms with E-state index in [9.17, 15) is 9.59 Å². The van der Waals surface area contributed by atoms with Gasteiger partial charge < -0.3 is 16.0 Å². The minimum absolute atomic E-state index is 0.0160. The Morgan fingerprint density at radius 1 is 1.28 bits per heavy atom. The third-order valence-corrected chi connectivity index (χ3v) is 2.50. The summed E-state index contributed by atoms with van der Waals surface area (Å²) in [7, 11) is 1.71. The standard InChI is InChI=1S/C13H19N3O2/c1-16(10-11-5-3-2-4-6-11)13(18)9-15-12(17)7-8-14/h2-6H,7-10,14H2,1H3,(H,15,17). The number of carbonyl (C=O) groups is 2. The van der Waals surface area contributed by atoms with Crippen molar-refractivity contribution in [1.29, 1.82) is 0 Å². The first kappa shape index (κ1) is 14.2. The van der Waals surface area contributed by atoms with Gasteiger partial charge >= 0.3 is 0 Å². The molecule has 0 aliphatic heterocycles. The molecule has 3 N–H and O–H groups in total. The zero-order valence-corrected chi connectivity index (χ0v) is 10.6. The van der Waals surface area contributed by atoms with Gasteiger partial charge in [0.25, 0.3) is 0 Å². The van der Waals surface area contributed by atoms with Gasteiger partial charge in [-0.1, -0.05) is 30.3 Å². The highest BCUT2D eigenvalue weighted by Crippen LogP contribution is 2.02. The lowest BCUT2D eigenvalue weighted by atomic mass is 10.2. The molecule has 0 bridgehead atoms. The van der Waals surface area contributed by atoms with E-state index in [1.54, 1.807) is 11.9 Å². The highest BCUT2D eigenvalue weighted by Gasteiger charge is 2.10. The molecule has 1 aromatic carbocycles. The van der Waals surface area contributed by atoms with Crippen molar-refractivity contribution in [1.82, 2.24) is 10.2 Å². The number of carbonyl (C=O) groups excluding carboxylic acids is 2. The van der Waals surface area contributed by atoms with Crippen LogP contribution < -0.4 is 11.1 Å². The van der Waals surface area contributed by atoms with Gasteiger partial charge in [0.05, 0.1) is 6.54 Å². The van der Waals surface area contributed by atoms with Crippen LogP contribution in [0.4, 0.5) is 0 Å². The summed E-state index contributed by atoms with van der Waals surface area (Å²) in [5, 5.41) is 2.54. The van der Waals surface area contributed by atoms with Crippen LogP contribution in [0.15, 0.2) is 30.3 Å². The van der Waals surface area contributed by atoms with Crippen molar-refractivity contribution in [3.05, 3.63) is 35.9 Å². The Labute approximate surface area is 107 Å². The maximum absolute atomic E-state index is 11.7. The average Bonchev–Trinajstić information content (AvgIpc) is 2.37. The predicted molar refractivity (Wildman–Crippen MR) is 69.6 cm³/mol. The van der Waals surface area contributed by atoms with Gasteiger partial charge in [0.2, 0.25) is 11.8 Å². The Bertz CT molecular complexity index is 392. The molecule has 0 aliphatic carbocycles. The van der Waals surface area contributed by atoms with E-state index in [2.05, 4.69) is 5.32 Å². The van der Waals surface area contributed by atoms with E-state index in [0.29, 0.717) is 13.1 Å². The van der Waals surface area contributed by atoms with Crippen molar-refractivity contribution >= 4 is 11.8 Å². The Hall–Kier alpha value is -1.88. The van der Waals surface area contributed by atoms with E-state index in [1.165, 1.54) is 0 Å². The summed E-state index contributed by atoms with van der Waals surface area (Å²) in [6.45, 7) is 0.842. The van der Waals surface area contributed by atoms with Crippen LogP contribution in [-0.4, -0.2) is 36.9 Å². The minimum Gasteiger partial charge on any atom is -0.347 e. The summed E-state index contributed by atoms with van der Waals surface area (Å²) in [4.78, 5) is 24.5. The first-order valence-corrected chi connectivity index (χ1v) is 5.88. The Morgan fingerprint density at radius 3 is 2.56 bits per heavy atom. The molecule has 5 nitrogen and oxygen atoms in total. The van der Waals surface area contributed by atoms with Crippen molar-refractivity contribution in [2.45, 2.75) is 13.0 Å². The van der Waals surface area contributed by atoms with Crippen LogP contribution in [0.3, 0.4) is 0 Å². The van der Waals surface area contributed by atoms with Crippen molar-refractivity contribution in [2.24, 2.45) is 5.73 Å². The molecular weight excluding hydrogens is 230 g/mol. The fourth-order valence-electron chi connectivity index (χ4n) is 1.47. The molecule has 5 heteroatoms. The van der Waals surface area contributed by atoms with Crippen molar-refractivity contribution < 1.29 is 9.59 Å². The first-order chi connectivity index (χ1) is 8.63. The van der Waals surface area contributed by atoms with Crippen LogP contribution >= 0.6 is 0 Å². The first-order valence-electron chi connectivity index (χ1n) is 5.88. The molecule has 0 saturated carbocycles. The van der Waals surface area contributed by atoms with E-state index in [1.807, 2.05) is 30.3 Å². The van der Waals surface area contributed by atoms with Crippen LogP contribution in [0.1, 0.15) is 12.0 Å². The second-order valence-electron chi connectivity index (χ2n) is 4.05. The number of benzene rings is 1. The third-order valence-electron chi connectivity index (χ3n) is 2.50. The third kappa shape index (κ3) is 4.97. The SMILES string of the molecule is CN(Cc1ccccc1)C(=O)CNC(=O)CCN.